The van der Waals surface area contributed by atoms with E-state index in [4.69, 9.17) is 4.74 Å². The van der Waals surface area contributed by atoms with Crippen molar-refractivity contribution in [1.29, 1.82) is 0 Å². The van der Waals surface area contributed by atoms with E-state index < -0.39 is 0 Å². The highest BCUT2D eigenvalue weighted by Crippen LogP contribution is 2.10. The standard InChI is InChI=1S/C11H24N2O/c1-4-11-9-13(6-7-14-11)10(3)8-12-5-2/h10-12H,4-9H2,1-3H3. The highest BCUT2D eigenvalue weighted by atomic mass is 16.5. The first-order valence-corrected chi connectivity index (χ1v) is 5.84. The second-order valence-corrected chi connectivity index (χ2v) is 4.05. The fourth-order valence-electron chi connectivity index (χ4n) is 1.87. The molecule has 0 aliphatic carbocycles. The molecule has 3 nitrogen and oxygen atoms in total. The first kappa shape index (κ1) is 12.0. The molecule has 1 heterocycles. The summed E-state index contributed by atoms with van der Waals surface area (Å²) < 4.78 is 5.65. The van der Waals surface area contributed by atoms with Crippen molar-refractivity contribution >= 4 is 0 Å². The van der Waals surface area contributed by atoms with Crippen LogP contribution in [-0.2, 0) is 4.74 Å². The van der Waals surface area contributed by atoms with E-state index in [0.717, 1.165) is 39.2 Å². The SMILES string of the molecule is CCNCC(C)N1CCOC(CC)C1. The zero-order chi connectivity index (χ0) is 10.4. The van der Waals surface area contributed by atoms with E-state index >= 15 is 0 Å². The Morgan fingerprint density at radius 2 is 2.29 bits per heavy atom. The maximum Gasteiger partial charge on any atom is 0.0700 e. The summed E-state index contributed by atoms with van der Waals surface area (Å²) in [4.78, 5) is 2.53. The normalized spacial score (nSPS) is 26.4. The maximum atomic E-state index is 5.65. The Morgan fingerprint density at radius 3 is 2.93 bits per heavy atom. The molecule has 0 aromatic heterocycles. The molecule has 0 spiro atoms. The molecule has 2 unspecified atom stereocenters. The highest BCUT2D eigenvalue weighted by Gasteiger charge is 2.22. The molecule has 0 aromatic rings. The van der Waals surface area contributed by atoms with Crippen molar-refractivity contribution in [3.8, 4) is 0 Å². The van der Waals surface area contributed by atoms with Crippen LogP contribution in [0.3, 0.4) is 0 Å². The number of morpholine rings is 1. The predicted octanol–water partition coefficient (Wildman–Crippen LogP) is 1.10. The average molecular weight is 200 g/mol. The third-order valence-electron chi connectivity index (χ3n) is 2.94. The predicted molar refractivity (Wildman–Crippen MR) is 59.6 cm³/mol. The molecule has 3 heteroatoms. The van der Waals surface area contributed by atoms with Crippen molar-refractivity contribution in [2.45, 2.75) is 39.3 Å². The monoisotopic (exact) mass is 200 g/mol. The van der Waals surface area contributed by atoms with Crippen LogP contribution in [0.15, 0.2) is 0 Å². The van der Waals surface area contributed by atoms with E-state index in [0.29, 0.717) is 12.1 Å². The van der Waals surface area contributed by atoms with Crippen LogP contribution in [0.25, 0.3) is 0 Å². The van der Waals surface area contributed by atoms with Crippen LogP contribution < -0.4 is 5.32 Å². The maximum absolute atomic E-state index is 5.65. The fraction of sp³-hybridized carbons (Fsp3) is 1.00. The van der Waals surface area contributed by atoms with Gasteiger partial charge in [-0.3, -0.25) is 4.90 Å². The van der Waals surface area contributed by atoms with Gasteiger partial charge in [0.05, 0.1) is 12.7 Å². The summed E-state index contributed by atoms with van der Waals surface area (Å²) in [5, 5.41) is 3.40. The van der Waals surface area contributed by atoms with E-state index in [-0.39, 0.29) is 0 Å². The van der Waals surface area contributed by atoms with Crippen molar-refractivity contribution in [3.05, 3.63) is 0 Å². The van der Waals surface area contributed by atoms with Gasteiger partial charge in [0.1, 0.15) is 0 Å². The van der Waals surface area contributed by atoms with Gasteiger partial charge in [0.25, 0.3) is 0 Å². The summed E-state index contributed by atoms with van der Waals surface area (Å²) in [5.41, 5.74) is 0. The van der Waals surface area contributed by atoms with Crippen LogP contribution in [0.2, 0.25) is 0 Å². The van der Waals surface area contributed by atoms with Gasteiger partial charge in [-0.25, -0.2) is 0 Å². The first-order chi connectivity index (χ1) is 6.77. The van der Waals surface area contributed by atoms with Crippen molar-refractivity contribution in [2.24, 2.45) is 0 Å². The number of rotatable bonds is 5. The van der Waals surface area contributed by atoms with E-state index in [9.17, 15) is 0 Å². The van der Waals surface area contributed by atoms with Gasteiger partial charge in [0.2, 0.25) is 0 Å². The molecule has 84 valence electrons. The molecule has 1 N–H and O–H groups in total. The van der Waals surface area contributed by atoms with Crippen LogP contribution in [0.1, 0.15) is 27.2 Å². The first-order valence-electron chi connectivity index (χ1n) is 5.84. The minimum atomic E-state index is 0.452. The third kappa shape index (κ3) is 3.56. The molecule has 1 fully saturated rings. The Balaban J connectivity index is 2.27. The van der Waals surface area contributed by atoms with Gasteiger partial charge < -0.3 is 10.1 Å². The van der Waals surface area contributed by atoms with Crippen molar-refractivity contribution in [3.63, 3.8) is 0 Å². The van der Waals surface area contributed by atoms with Crippen molar-refractivity contribution < 1.29 is 4.74 Å². The smallest absolute Gasteiger partial charge is 0.0700 e. The summed E-state index contributed by atoms with van der Waals surface area (Å²) in [7, 11) is 0. The summed E-state index contributed by atoms with van der Waals surface area (Å²) in [6.07, 6.45) is 1.58. The number of likely N-dealkylation sites (N-methyl/N-ethyl adjacent to an activating group) is 1. The lowest BCUT2D eigenvalue weighted by molar-refractivity contribution is -0.0416. The van der Waals surface area contributed by atoms with Crippen LogP contribution in [0.4, 0.5) is 0 Å². The molecule has 1 saturated heterocycles. The number of nitrogens with zero attached hydrogens (tertiary/aromatic N) is 1. The number of nitrogens with one attached hydrogen (secondary N) is 1. The van der Waals surface area contributed by atoms with Crippen LogP contribution >= 0.6 is 0 Å². The minimum absolute atomic E-state index is 0.452. The van der Waals surface area contributed by atoms with Crippen molar-refractivity contribution in [2.75, 3.05) is 32.8 Å². The molecule has 1 rings (SSSR count). The molecular weight excluding hydrogens is 176 g/mol. The highest BCUT2D eigenvalue weighted by molar-refractivity contribution is 4.76. The van der Waals surface area contributed by atoms with Crippen LogP contribution in [-0.4, -0.2) is 49.8 Å². The molecule has 1 aliphatic rings. The van der Waals surface area contributed by atoms with Gasteiger partial charge >= 0.3 is 0 Å². The third-order valence-corrected chi connectivity index (χ3v) is 2.94. The molecule has 0 aromatic carbocycles. The molecule has 0 amide bonds. The van der Waals surface area contributed by atoms with E-state index in [2.05, 4.69) is 31.0 Å². The van der Waals surface area contributed by atoms with Crippen LogP contribution in [0, 0.1) is 0 Å². The number of hydrogen-bond acceptors (Lipinski definition) is 3. The zero-order valence-electron chi connectivity index (χ0n) is 9.75. The van der Waals surface area contributed by atoms with Gasteiger partial charge in [-0.2, -0.15) is 0 Å². The Hall–Kier alpha value is -0.120. The lowest BCUT2D eigenvalue weighted by Gasteiger charge is -2.36. The number of hydrogen-bond donors (Lipinski definition) is 1. The molecule has 2 atom stereocenters. The van der Waals surface area contributed by atoms with Gasteiger partial charge in [0.15, 0.2) is 0 Å². The summed E-state index contributed by atoms with van der Waals surface area (Å²) in [6, 6.07) is 0.632. The number of ether oxygens (including phenoxy) is 1. The van der Waals surface area contributed by atoms with E-state index in [1.54, 1.807) is 0 Å². The largest absolute Gasteiger partial charge is 0.376 e. The fourth-order valence-corrected chi connectivity index (χ4v) is 1.87. The molecule has 0 bridgehead atoms. The molecule has 0 radical (unpaired) electrons. The van der Waals surface area contributed by atoms with Crippen molar-refractivity contribution in [1.82, 2.24) is 10.2 Å². The summed E-state index contributed by atoms with van der Waals surface area (Å²) in [5.74, 6) is 0. The van der Waals surface area contributed by atoms with Gasteiger partial charge in [0, 0.05) is 25.7 Å². The van der Waals surface area contributed by atoms with E-state index in [1.807, 2.05) is 0 Å². The topological polar surface area (TPSA) is 24.5 Å². The average Bonchev–Trinajstić information content (AvgIpc) is 2.26. The second-order valence-electron chi connectivity index (χ2n) is 4.05. The summed E-state index contributed by atoms with van der Waals surface area (Å²) >= 11 is 0. The molecule has 0 saturated carbocycles. The van der Waals surface area contributed by atoms with Crippen LogP contribution in [0.5, 0.6) is 0 Å². The zero-order valence-corrected chi connectivity index (χ0v) is 9.75. The Bertz CT molecular complexity index is 152. The lowest BCUT2D eigenvalue weighted by Crippen LogP contribution is -2.49. The summed E-state index contributed by atoms with van der Waals surface area (Å²) in [6.45, 7) is 11.9. The van der Waals surface area contributed by atoms with Gasteiger partial charge in [-0.1, -0.05) is 13.8 Å². The Morgan fingerprint density at radius 1 is 1.50 bits per heavy atom. The molecule has 14 heavy (non-hydrogen) atoms. The van der Waals surface area contributed by atoms with E-state index in [1.165, 1.54) is 0 Å². The molecule has 1 aliphatic heterocycles. The van der Waals surface area contributed by atoms with Gasteiger partial charge in [-0.05, 0) is 19.9 Å². The lowest BCUT2D eigenvalue weighted by atomic mass is 10.2. The minimum Gasteiger partial charge on any atom is -0.376 e. The quantitative estimate of drug-likeness (QED) is 0.719. The second kappa shape index (κ2) is 6.38. The Labute approximate surface area is 87.8 Å². The van der Waals surface area contributed by atoms with Gasteiger partial charge in [-0.15, -0.1) is 0 Å². The molecular formula is C11H24N2O. The Kier molecular flexibility index (Phi) is 5.45.